The number of rotatable bonds is 2. The van der Waals surface area contributed by atoms with Crippen LogP contribution in [0.2, 0.25) is 0 Å². The van der Waals surface area contributed by atoms with Gasteiger partial charge in [0.1, 0.15) is 5.60 Å². The Kier molecular flexibility index (Phi) is 3.12. The molecule has 3 heteroatoms. The van der Waals surface area contributed by atoms with Crippen molar-refractivity contribution in [3.05, 3.63) is 42.1 Å². The predicted octanol–water partition coefficient (Wildman–Crippen LogP) is 3.49. The number of para-hydroxylation sites is 1. The highest BCUT2D eigenvalue weighted by Crippen LogP contribution is 2.46. The van der Waals surface area contributed by atoms with Gasteiger partial charge in [0.15, 0.2) is 0 Å². The molecule has 1 aromatic heterocycles. The molecule has 0 radical (unpaired) electrons. The summed E-state index contributed by atoms with van der Waals surface area (Å²) in [5, 5.41) is 12.2. The highest BCUT2D eigenvalue weighted by molar-refractivity contribution is 5.78. The van der Waals surface area contributed by atoms with Gasteiger partial charge in [-0.05, 0) is 39.8 Å². The second-order valence-electron chi connectivity index (χ2n) is 7.25. The van der Waals surface area contributed by atoms with Crippen molar-refractivity contribution >= 4 is 10.9 Å². The summed E-state index contributed by atoms with van der Waals surface area (Å²) >= 11 is 0. The molecular weight excluding hydrogens is 262 g/mol. The Morgan fingerprint density at radius 2 is 1.81 bits per heavy atom. The van der Waals surface area contributed by atoms with Gasteiger partial charge in [-0.2, -0.15) is 0 Å². The van der Waals surface area contributed by atoms with E-state index in [2.05, 4.69) is 11.1 Å². The lowest BCUT2D eigenvalue weighted by Crippen LogP contribution is -2.48. The number of aliphatic hydroxyl groups is 1. The predicted molar refractivity (Wildman–Crippen MR) is 84.3 cm³/mol. The van der Waals surface area contributed by atoms with Gasteiger partial charge in [0.25, 0.3) is 0 Å². The molecule has 1 atom stereocenters. The molecule has 1 aliphatic heterocycles. The van der Waals surface area contributed by atoms with Crippen LogP contribution in [0.3, 0.4) is 0 Å². The van der Waals surface area contributed by atoms with E-state index in [4.69, 9.17) is 4.74 Å². The summed E-state index contributed by atoms with van der Waals surface area (Å²) in [7, 11) is 0. The molecule has 1 fully saturated rings. The fraction of sp³-hybridized carbons (Fsp3) is 0.500. The normalized spacial score (nSPS) is 27.1. The van der Waals surface area contributed by atoms with Crippen LogP contribution in [0.25, 0.3) is 10.9 Å². The van der Waals surface area contributed by atoms with Crippen molar-refractivity contribution < 1.29 is 9.84 Å². The van der Waals surface area contributed by atoms with E-state index in [1.807, 2.05) is 58.0 Å². The van der Waals surface area contributed by atoms with Crippen molar-refractivity contribution in [2.75, 3.05) is 0 Å². The summed E-state index contributed by atoms with van der Waals surface area (Å²) < 4.78 is 6.03. The van der Waals surface area contributed by atoms with Gasteiger partial charge in [-0.25, -0.2) is 0 Å². The third-order valence-electron chi connectivity index (χ3n) is 4.50. The number of hydrogen-bond acceptors (Lipinski definition) is 3. The first-order chi connectivity index (χ1) is 9.71. The maximum absolute atomic E-state index is 11.1. The molecule has 3 rings (SSSR count). The number of ether oxygens (including phenoxy) is 1. The molecule has 3 nitrogen and oxygen atoms in total. The quantitative estimate of drug-likeness (QED) is 0.918. The van der Waals surface area contributed by atoms with E-state index in [1.54, 1.807) is 0 Å². The molecule has 112 valence electrons. The summed E-state index contributed by atoms with van der Waals surface area (Å²) in [5.41, 5.74) is 0.0883. The Balaban J connectivity index is 1.94. The zero-order valence-corrected chi connectivity index (χ0v) is 13.2. The van der Waals surface area contributed by atoms with Gasteiger partial charge in [-0.1, -0.05) is 24.3 Å². The van der Waals surface area contributed by atoms with E-state index >= 15 is 0 Å². The van der Waals surface area contributed by atoms with Crippen LogP contribution < -0.4 is 0 Å². The van der Waals surface area contributed by atoms with Gasteiger partial charge >= 0.3 is 0 Å². The molecule has 1 unspecified atom stereocenters. The van der Waals surface area contributed by atoms with Crippen molar-refractivity contribution in [1.82, 2.24) is 4.98 Å². The number of fused-ring (bicyclic) bond motifs is 1. The Labute approximate surface area is 126 Å². The molecule has 0 saturated carbocycles. The van der Waals surface area contributed by atoms with Gasteiger partial charge in [0.05, 0.1) is 16.7 Å². The van der Waals surface area contributed by atoms with Crippen molar-refractivity contribution in [3.8, 4) is 0 Å². The second-order valence-corrected chi connectivity index (χ2v) is 7.25. The topological polar surface area (TPSA) is 42.4 Å². The Hall–Kier alpha value is -1.45. The molecular formula is C18H23NO2. The van der Waals surface area contributed by atoms with Crippen LogP contribution in [-0.2, 0) is 11.2 Å². The van der Waals surface area contributed by atoms with Crippen LogP contribution in [0.5, 0.6) is 0 Å². The highest BCUT2D eigenvalue weighted by atomic mass is 16.5. The molecule has 2 heterocycles. The van der Waals surface area contributed by atoms with Crippen LogP contribution in [0.1, 0.15) is 39.8 Å². The zero-order chi connectivity index (χ0) is 15.3. The monoisotopic (exact) mass is 285 g/mol. The number of hydrogen-bond donors (Lipinski definition) is 1. The van der Waals surface area contributed by atoms with Gasteiger partial charge in [0, 0.05) is 23.9 Å². The van der Waals surface area contributed by atoms with Crippen molar-refractivity contribution in [3.63, 3.8) is 0 Å². The van der Waals surface area contributed by atoms with Crippen LogP contribution >= 0.6 is 0 Å². The smallest absolute Gasteiger partial charge is 0.101 e. The van der Waals surface area contributed by atoms with Gasteiger partial charge in [-0.3, -0.25) is 4.98 Å². The van der Waals surface area contributed by atoms with Crippen LogP contribution in [0.15, 0.2) is 36.4 Å². The second kappa shape index (κ2) is 4.52. The van der Waals surface area contributed by atoms with E-state index in [-0.39, 0.29) is 5.60 Å². The largest absolute Gasteiger partial charge is 0.386 e. The van der Waals surface area contributed by atoms with E-state index in [1.165, 1.54) is 0 Å². The number of nitrogens with zero attached hydrogens (tertiary/aromatic N) is 1. The van der Waals surface area contributed by atoms with Crippen LogP contribution in [0.4, 0.5) is 0 Å². The van der Waals surface area contributed by atoms with E-state index < -0.39 is 11.2 Å². The van der Waals surface area contributed by atoms with Gasteiger partial charge in [-0.15, -0.1) is 0 Å². The molecule has 1 saturated heterocycles. The SMILES string of the molecule is CC1(C)CC(O)(Cc2ccc3ccccc3n2)C(C)(C)O1. The molecule has 0 aliphatic carbocycles. The van der Waals surface area contributed by atoms with Crippen molar-refractivity contribution in [2.24, 2.45) is 0 Å². The molecule has 2 aromatic rings. The average Bonchev–Trinajstić information content (AvgIpc) is 2.52. The molecule has 0 spiro atoms. The Morgan fingerprint density at radius 3 is 2.48 bits per heavy atom. The summed E-state index contributed by atoms with van der Waals surface area (Å²) in [6.07, 6.45) is 1.12. The number of pyridine rings is 1. The number of aromatic nitrogens is 1. The minimum Gasteiger partial charge on any atom is -0.386 e. The van der Waals surface area contributed by atoms with E-state index in [0.717, 1.165) is 16.6 Å². The third-order valence-corrected chi connectivity index (χ3v) is 4.50. The minimum atomic E-state index is -0.897. The van der Waals surface area contributed by atoms with E-state index in [9.17, 15) is 5.11 Å². The number of benzene rings is 1. The van der Waals surface area contributed by atoms with Crippen LogP contribution in [0, 0.1) is 0 Å². The maximum Gasteiger partial charge on any atom is 0.101 e. The first-order valence-corrected chi connectivity index (χ1v) is 7.48. The summed E-state index contributed by atoms with van der Waals surface area (Å²) in [5.74, 6) is 0. The fourth-order valence-electron chi connectivity index (χ4n) is 3.52. The van der Waals surface area contributed by atoms with E-state index in [0.29, 0.717) is 12.8 Å². The molecule has 0 bridgehead atoms. The molecule has 1 aliphatic rings. The maximum atomic E-state index is 11.1. The molecule has 21 heavy (non-hydrogen) atoms. The molecule has 1 N–H and O–H groups in total. The lowest BCUT2D eigenvalue weighted by Gasteiger charge is -2.34. The fourth-order valence-corrected chi connectivity index (χ4v) is 3.52. The minimum absolute atomic E-state index is 0.310. The molecule has 0 amide bonds. The average molecular weight is 285 g/mol. The lowest BCUT2D eigenvalue weighted by atomic mass is 9.79. The summed E-state index contributed by atoms with van der Waals surface area (Å²) in [6, 6.07) is 12.1. The first kappa shape index (κ1) is 14.5. The van der Waals surface area contributed by atoms with Crippen molar-refractivity contribution in [1.29, 1.82) is 0 Å². The zero-order valence-electron chi connectivity index (χ0n) is 13.2. The Morgan fingerprint density at radius 1 is 1.10 bits per heavy atom. The summed E-state index contributed by atoms with van der Waals surface area (Å²) in [4.78, 5) is 4.68. The summed E-state index contributed by atoms with van der Waals surface area (Å²) in [6.45, 7) is 7.98. The highest BCUT2D eigenvalue weighted by Gasteiger charge is 2.56. The lowest BCUT2D eigenvalue weighted by molar-refractivity contribution is -0.126. The van der Waals surface area contributed by atoms with Crippen molar-refractivity contribution in [2.45, 2.75) is 57.3 Å². The first-order valence-electron chi connectivity index (χ1n) is 7.48. The van der Waals surface area contributed by atoms with Gasteiger partial charge < -0.3 is 9.84 Å². The Bertz CT molecular complexity index is 678. The van der Waals surface area contributed by atoms with Gasteiger partial charge in [0.2, 0.25) is 0 Å². The van der Waals surface area contributed by atoms with Crippen LogP contribution in [-0.4, -0.2) is 26.9 Å². The molecule has 1 aromatic carbocycles. The third kappa shape index (κ3) is 2.56. The standard InChI is InChI=1S/C18H23NO2/c1-16(2)12-18(20,17(3,4)21-16)11-14-10-9-13-7-5-6-8-15(13)19-14/h5-10,20H,11-12H2,1-4H3.